The van der Waals surface area contributed by atoms with Crippen LogP contribution in [0.2, 0.25) is 0 Å². The molecule has 52 valence electrons. The van der Waals surface area contributed by atoms with Gasteiger partial charge in [0.25, 0.3) is 0 Å². The Kier molecular flexibility index (Phi) is 5.23. The summed E-state index contributed by atoms with van der Waals surface area (Å²) in [6, 6.07) is 0. The summed E-state index contributed by atoms with van der Waals surface area (Å²) in [4.78, 5) is 0. The Hall–Kier alpha value is -0.560. The van der Waals surface area contributed by atoms with Crippen LogP contribution < -0.4 is 5.73 Å². The Morgan fingerprint density at radius 1 is 1.56 bits per heavy atom. The standard InChI is InChI=1S/C8H15N/c1-3-8(4-2)6-5-7-9/h3,5-6H,4,7,9H2,1-2H3/b6-5-,8-3-. The van der Waals surface area contributed by atoms with Crippen LogP contribution in [0.3, 0.4) is 0 Å². The third-order valence-electron chi connectivity index (χ3n) is 1.25. The fourth-order valence-electron chi connectivity index (χ4n) is 0.638. The first-order chi connectivity index (χ1) is 4.35. The second kappa shape index (κ2) is 5.57. The topological polar surface area (TPSA) is 26.0 Å². The van der Waals surface area contributed by atoms with Crippen LogP contribution in [-0.2, 0) is 0 Å². The van der Waals surface area contributed by atoms with Crippen molar-refractivity contribution < 1.29 is 0 Å². The Bertz CT molecular complexity index is 112. The first kappa shape index (κ1) is 8.44. The summed E-state index contributed by atoms with van der Waals surface area (Å²) in [5, 5.41) is 0. The van der Waals surface area contributed by atoms with Gasteiger partial charge in [0.2, 0.25) is 0 Å². The molecule has 1 nitrogen and oxygen atoms in total. The lowest BCUT2D eigenvalue weighted by atomic mass is 10.2. The highest BCUT2D eigenvalue weighted by Crippen LogP contribution is 2.00. The predicted octanol–water partition coefficient (Wildman–Crippen LogP) is 1.86. The normalized spacial score (nSPS) is 13.0. The number of rotatable bonds is 3. The van der Waals surface area contributed by atoms with Crippen molar-refractivity contribution >= 4 is 0 Å². The molecule has 0 amide bonds. The Balaban J connectivity index is 3.70. The lowest BCUT2D eigenvalue weighted by Gasteiger charge is -1.91. The summed E-state index contributed by atoms with van der Waals surface area (Å²) in [6.45, 7) is 4.81. The fraction of sp³-hybridized carbons (Fsp3) is 0.500. The molecule has 0 spiro atoms. The van der Waals surface area contributed by atoms with E-state index in [1.807, 2.05) is 13.0 Å². The van der Waals surface area contributed by atoms with Gasteiger partial charge in [0.05, 0.1) is 0 Å². The van der Waals surface area contributed by atoms with E-state index in [0.717, 1.165) is 6.42 Å². The quantitative estimate of drug-likeness (QED) is 0.572. The van der Waals surface area contributed by atoms with Gasteiger partial charge in [0, 0.05) is 6.54 Å². The summed E-state index contributed by atoms with van der Waals surface area (Å²) in [6.07, 6.45) is 7.23. The highest BCUT2D eigenvalue weighted by Gasteiger charge is 1.80. The molecule has 9 heavy (non-hydrogen) atoms. The van der Waals surface area contributed by atoms with Crippen LogP contribution in [0.4, 0.5) is 0 Å². The highest BCUT2D eigenvalue weighted by atomic mass is 14.5. The van der Waals surface area contributed by atoms with Gasteiger partial charge in [0.15, 0.2) is 0 Å². The van der Waals surface area contributed by atoms with E-state index in [4.69, 9.17) is 5.73 Å². The lowest BCUT2D eigenvalue weighted by molar-refractivity contribution is 1.13. The molecular formula is C8H15N. The van der Waals surface area contributed by atoms with E-state index in [0.29, 0.717) is 6.54 Å². The Morgan fingerprint density at radius 2 is 2.22 bits per heavy atom. The zero-order valence-corrected chi connectivity index (χ0v) is 6.22. The number of hydrogen-bond donors (Lipinski definition) is 1. The smallest absolute Gasteiger partial charge is 0.0110 e. The Labute approximate surface area is 57.3 Å². The number of nitrogens with two attached hydrogens (primary N) is 1. The van der Waals surface area contributed by atoms with Crippen LogP contribution in [-0.4, -0.2) is 6.54 Å². The molecule has 0 rings (SSSR count). The van der Waals surface area contributed by atoms with Crippen LogP contribution in [0.15, 0.2) is 23.8 Å². The number of allylic oxidation sites excluding steroid dienone is 3. The first-order valence-corrected chi connectivity index (χ1v) is 3.37. The fourth-order valence-corrected chi connectivity index (χ4v) is 0.638. The molecule has 0 bridgehead atoms. The van der Waals surface area contributed by atoms with Gasteiger partial charge in [-0.2, -0.15) is 0 Å². The minimum absolute atomic E-state index is 0.636. The molecule has 0 atom stereocenters. The summed E-state index contributed by atoms with van der Waals surface area (Å²) in [5.74, 6) is 0. The van der Waals surface area contributed by atoms with E-state index in [-0.39, 0.29) is 0 Å². The van der Waals surface area contributed by atoms with Gasteiger partial charge in [-0.05, 0) is 13.3 Å². The maximum Gasteiger partial charge on any atom is 0.0110 e. The van der Waals surface area contributed by atoms with Gasteiger partial charge in [-0.1, -0.05) is 30.7 Å². The van der Waals surface area contributed by atoms with Crippen molar-refractivity contribution in [2.75, 3.05) is 6.54 Å². The molecule has 0 aromatic heterocycles. The van der Waals surface area contributed by atoms with Gasteiger partial charge in [0.1, 0.15) is 0 Å². The summed E-state index contributed by atoms with van der Waals surface area (Å²) in [7, 11) is 0. The molecule has 0 aliphatic rings. The average Bonchev–Trinajstić information content (AvgIpc) is 1.91. The van der Waals surface area contributed by atoms with Crippen molar-refractivity contribution in [3.63, 3.8) is 0 Å². The van der Waals surface area contributed by atoms with Crippen LogP contribution in [0.5, 0.6) is 0 Å². The van der Waals surface area contributed by atoms with E-state index in [9.17, 15) is 0 Å². The monoisotopic (exact) mass is 125 g/mol. The molecule has 0 saturated carbocycles. The van der Waals surface area contributed by atoms with E-state index < -0.39 is 0 Å². The van der Waals surface area contributed by atoms with E-state index in [1.165, 1.54) is 5.57 Å². The molecule has 0 radical (unpaired) electrons. The molecule has 0 aromatic carbocycles. The van der Waals surface area contributed by atoms with E-state index in [2.05, 4.69) is 19.1 Å². The Morgan fingerprint density at radius 3 is 2.56 bits per heavy atom. The second-order valence-corrected chi connectivity index (χ2v) is 1.86. The summed E-state index contributed by atoms with van der Waals surface area (Å²) < 4.78 is 0. The minimum atomic E-state index is 0.636. The van der Waals surface area contributed by atoms with Crippen molar-refractivity contribution in [2.45, 2.75) is 20.3 Å². The van der Waals surface area contributed by atoms with Crippen molar-refractivity contribution in [3.8, 4) is 0 Å². The van der Waals surface area contributed by atoms with Crippen molar-refractivity contribution in [2.24, 2.45) is 5.73 Å². The van der Waals surface area contributed by atoms with Gasteiger partial charge >= 0.3 is 0 Å². The second-order valence-electron chi connectivity index (χ2n) is 1.86. The van der Waals surface area contributed by atoms with Gasteiger partial charge < -0.3 is 5.73 Å². The maximum atomic E-state index is 5.27. The van der Waals surface area contributed by atoms with Gasteiger partial charge in [-0.15, -0.1) is 0 Å². The molecule has 0 aliphatic carbocycles. The highest BCUT2D eigenvalue weighted by molar-refractivity contribution is 5.17. The molecule has 1 heteroatoms. The molecule has 0 heterocycles. The van der Waals surface area contributed by atoms with Crippen LogP contribution in [0.1, 0.15) is 20.3 Å². The first-order valence-electron chi connectivity index (χ1n) is 3.37. The zero-order valence-electron chi connectivity index (χ0n) is 6.22. The van der Waals surface area contributed by atoms with E-state index in [1.54, 1.807) is 0 Å². The summed E-state index contributed by atoms with van der Waals surface area (Å²) >= 11 is 0. The van der Waals surface area contributed by atoms with Crippen molar-refractivity contribution in [3.05, 3.63) is 23.8 Å². The maximum absolute atomic E-state index is 5.27. The molecular weight excluding hydrogens is 110 g/mol. The zero-order chi connectivity index (χ0) is 7.11. The molecule has 0 saturated heterocycles. The van der Waals surface area contributed by atoms with Crippen molar-refractivity contribution in [1.82, 2.24) is 0 Å². The SMILES string of the molecule is C/C=C(\C=C/CN)CC. The molecule has 2 N–H and O–H groups in total. The summed E-state index contributed by atoms with van der Waals surface area (Å²) in [5.41, 5.74) is 6.62. The van der Waals surface area contributed by atoms with Gasteiger partial charge in [-0.25, -0.2) is 0 Å². The molecule has 0 aromatic rings. The van der Waals surface area contributed by atoms with Crippen LogP contribution >= 0.6 is 0 Å². The largest absolute Gasteiger partial charge is 0.327 e. The molecule has 0 unspecified atom stereocenters. The minimum Gasteiger partial charge on any atom is -0.327 e. The number of hydrogen-bond acceptors (Lipinski definition) is 1. The third kappa shape index (κ3) is 3.98. The predicted molar refractivity (Wildman–Crippen MR) is 42.2 cm³/mol. The van der Waals surface area contributed by atoms with Gasteiger partial charge in [-0.3, -0.25) is 0 Å². The molecule has 0 fully saturated rings. The lowest BCUT2D eigenvalue weighted by Crippen LogP contribution is -1.92. The third-order valence-corrected chi connectivity index (χ3v) is 1.25. The average molecular weight is 125 g/mol. The van der Waals surface area contributed by atoms with Crippen LogP contribution in [0.25, 0.3) is 0 Å². The van der Waals surface area contributed by atoms with E-state index >= 15 is 0 Å². The van der Waals surface area contributed by atoms with Crippen molar-refractivity contribution in [1.29, 1.82) is 0 Å². The van der Waals surface area contributed by atoms with Crippen LogP contribution in [0, 0.1) is 0 Å². The molecule has 0 aliphatic heterocycles.